The summed E-state index contributed by atoms with van der Waals surface area (Å²) in [5, 5.41) is 16.8. The summed E-state index contributed by atoms with van der Waals surface area (Å²) in [7, 11) is 0. The lowest BCUT2D eigenvalue weighted by Crippen LogP contribution is -2.51. The van der Waals surface area contributed by atoms with E-state index in [1.165, 1.54) is 18.1 Å². The molecule has 2 amide bonds. The number of rotatable bonds is 6. The number of imide groups is 1. The summed E-state index contributed by atoms with van der Waals surface area (Å²) in [4.78, 5) is 29.8. The third kappa shape index (κ3) is 4.76. The van der Waals surface area contributed by atoms with Crippen LogP contribution in [0.5, 0.6) is 0 Å². The highest BCUT2D eigenvalue weighted by molar-refractivity contribution is 6.00. The zero-order chi connectivity index (χ0) is 23.7. The van der Waals surface area contributed by atoms with Crippen LogP contribution < -0.4 is 10.6 Å². The van der Waals surface area contributed by atoms with Crippen molar-refractivity contribution in [3.8, 4) is 0 Å². The van der Waals surface area contributed by atoms with Crippen LogP contribution in [0.1, 0.15) is 67.1 Å². The first-order valence-corrected chi connectivity index (χ1v) is 12.2. The van der Waals surface area contributed by atoms with Crippen LogP contribution in [0.2, 0.25) is 0 Å². The maximum atomic E-state index is 14.0. The minimum atomic E-state index is -0.842. The van der Waals surface area contributed by atoms with Crippen molar-refractivity contribution in [2.75, 3.05) is 0 Å². The molecule has 2 unspecified atom stereocenters. The molecule has 4 atom stereocenters. The van der Waals surface area contributed by atoms with E-state index in [1.807, 2.05) is 6.07 Å². The standard InChI is InChI=1S/C26H31FN4O3/c27-20-5-3-11-28-22(20)14-29-21-6-2-1-4-17(21)12-16-7-8-19-18(13-16)15-31(26(19)34)23-9-10-24(32)30-25(23)33/h3,5,7-8,11,13,17,21,23,26,29,34H,1-2,4,6,9-10,12,14-15H2,(H,30,32,33)/t17-,21+,23?,26?/m1/s1. The van der Waals surface area contributed by atoms with Crippen LogP contribution >= 0.6 is 0 Å². The largest absolute Gasteiger partial charge is 0.374 e. The van der Waals surface area contributed by atoms with Gasteiger partial charge in [0.2, 0.25) is 11.8 Å². The van der Waals surface area contributed by atoms with E-state index in [-0.39, 0.29) is 17.6 Å². The molecule has 0 radical (unpaired) electrons. The van der Waals surface area contributed by atoms with Crippen LogP contribution in [-0.4, -0.2) is 38.9 Å². The van der Waals surface area contributed by atoms with Crippen LogP contribution in [0, 0.1) is 11.7 Å². The number of pyridine rings is 1. The van der Waals surface area contributed by atoms with Crippen LogP contribution in [0.4, 0.5) is 4.39 Å². The molecule has 7 nitrogen and oxygen atoms in total. The maximum absolute atomic E-state index is 14.0. The van der Waals surface area contributed by atoms with E-state index in [2.05, 4.69) is 27.8 Å². The number of hydrogen-bond acceptors (Lipinski definition) is 6. The molecule has 180 valence electrons. The molecule has 1 aromatic heterocycles. The smallest absolute Gasteiger partial charge is 0.244 e. The van der Waals surface area contributed by atoms with Gasteiger partial charge in [-0.05, 0) is 60.4 Å². The molecule has 2 aliphatic heterocycles. The van der Waals surface area contributed by atoms with E-state index in [9.17, 15) is 19.1 Å². The van der Waals surface area contributed by atoms with Gasteiger partial charge in [0, 0.05) is 31.7 Å². The molecule has 2 aromatic rings. The summed E-state index contributed by atoms with van der Waals surface area (Å²) < 4.78 is 14.0. The van der Waals surface area contributed by atoms with Gasteiger partial charge in [-0.25, -0.2) is 4.39 Å². The highest BCUT2D eigenvalue weighted by Crippen LogP contribution is 2.36. The Kier molecular flexibility index (Phi) is 6.72. The van der Waals surface area contributed by atoms with Crippen LogP contribution in [0.15, 0.2) is 36.5 Å². The second-order valence-electron chi connectivity index (χ2n) is 9.71. The minimum absolute atomic E-state index is 0.254. The normalized spacial score (nSPS) is 27.5. The van der Waals surface area contributed by atoms with Gasteiger partial charge in [0.15, 0.2) is 0 Å². The van der Waals surface area contributed by atoms with Gasteiger partial charge in [0.25, 0.3) is 0 Å². The Balaban J connectivity index is 1.25. The Morgan fingerprint density at radius 3 is 2.85 bits per heavy atom. The molecular weight excluding hydrogens is 435 g/mol. The quantitative estimate of drug-likeness (QED) is 0.567. The minimum Gasteiger partial charge on any atom is -0.374 e. The number of nitrogens with one attached hydrogen (secondary N) is 2. The van der Waals surface area contributed by atoms with Crippen molar-refractivity contribution in [2.24, 2.45) is 5.92 Å². The number of carbonyl (C=O) groups excluding carboxylic acids is 2. The maximum Gasteiger partial charge on any atom is 0.244 e. The lowest BCUT2D eigenvalue weighted by atomic mass is 9.80. The number of nitrogens with zero attached hydrogens (tertiary/aromatic N) is 2. The first-order chi connectivity index (χ1) is 16.5. The number of amides is 2. The highest BCUT2D eigenvalue weighted by atomic mass is 19.1. The van der Waals surface area contributed by atoms with E-state index in [4.69, 9.17) is 0 Å². The average molecular weight is 467 g/mol. The summed E-state index contributed by atoms with van der Waals surface area (Å²) in [5.74, 6) is -0.420. The van der Waals surface area contributed by atoms with Gasteiger partial charge in [-0.2, -0.15) is 0 Å². The summed E-state index contributed by atoms with van der Waals surface area (Å²) >= 11 is 0. The molecule has 34 heavy (non-hydrogen) atoms. The van der Waals surface area contributed by atoms with Crippen molar-refractivity contribution in [1.29, 1.82) is 0 Å². The Labute approximate surface area is 198 Å². The van der Waals surface area contributed by atoms with E-state index in [1.54, 1.807) is 17.2 Å². The molecule has 8 heteroatoms. The number of hydrogen-bond donors (Lipinski definition) is 3. The van der Waals surface area contributed by atoms with E-state index >= 15 is 0 Å². The zero-order valence-corrected chi connectivity index (χ0v) is 19.2. The zero-order valence-electron chi connectivity index (χ0n) is 19.2. The molecule has 5 rings (SSSR count). The lowest BCUT2D eigenvalue weighted by molar-refractivity contribution is -0.141. The Bertz CT molecular complexity index is 1080. The van der Waals surface area contributed by atoms with Crippen molar-refractivity contribution >= 4 is 11.8 Å². The van der Waals surface area contributed by atoms with Crippen LogP contribution in [0.3, 0.4) is 0 Å². The fraction of sp³-hybridized carbons (Fsp3) is 0.500. The van der Waals surface area contributed by atoms with Crippen LogP contribution in [-0.2, 0) is 29.1 Å². The van der Waals surface area contributed by atoms with Gasteiger partial charge in [-0.3, -0.25) is 24.8 Å². The molecule has 3 N–H and O–H groups in total. The van der Waals surface area contributed by atoms with Crippen molar-refractivity contribution in [3.63, 3.8) is 0 Å². The number of fused-ring (bicyclic) bond motifs is 1. The number of piperidine rings is 1. The van der Waals surface area contributed by atoms with Crippen molar-refractivity contribution in [1.82, 2.24) is 20.5 Å². The first-order valence-electron chi connectivity index (χ1n) is 12.2. The second kappa shape index (κ2) is 9.90. The van der Waals surface area contributed by atoms with Gasteiger partial charge >= 0.3 is 0 Å². The molecule has 1 saturated heterocycles. The molecule has 0 bridgehead atoms. The fourth-order valence-electron chi connectivity index (χ4n) is 5.72. The number of aliphatic hydroxyl groups excluding tert-OH is 1. The lowest BCUT2D eigenvalue weighted by Gasteiger charge is -2.32. The predicted octanol–water partition coefficient (Wildman–Crippen LogP) is 2.72. The Morgan fingerprint density at radius 1 is 1.18 bits per heavy atom. The number of aromatic nitrogens is 1. The van der Waals surface area contributed by atoms with Gasteiger partial charge in [-0.1, -0.05) is 31.0 Å². The highest BCUT2D eigenvalue weighted by Gasteiger charge is 2.39. The molecule has 3 aliphatic rings. The summed E-state index contributed by atoms with van der Waals surface area (Å²) in [5.41, 5.74) is 3.52. The fourth-order valence-corrected chi connectivity index (χ4v) is 5.72. The Hall–Kier alpha value is -2.68. The van der Waals surface area contributed by atoms with Gasteiger partial charge < -0.3 is 10.4 Å². The monoisotopic (exact) mass is 466 g/mol. The summed E-state index contributed by atoms with van der Waals surface area (Å²) in [6.45, 7) is 0.910. The molecule has 3 heterocycles. The number of benzene rings is 1. The molecular formula is C26H31FN4O3. The van der Waals surface area contributed by atoms with E-state index < -0.39 is 12.3 Å². The SMILES string of the molecule is O=C1CCC(N2Cc3cc(C[C@H]4CCCC[C@@H]4NCc4ncccc4F)ccc3C2O)C(=O)N1. The van der Waals surface area contributed by atoms with Gasteiger partial charge in [0.1, 0.15) is 12.0 Å². The third-order valence-electron chi connectivity index (χ3n) is 7.54. The first kappa shape index (κ1) is 23.1. The number of carbonyl (C=O) groups is 2. The number of halogens is 1. The third-order valence-corrected chi connectivity index (χ3v) is 7.54. The summed E-state index contributed by atoms with van der Waals surface area (Å²) in [6, 6.07) is 9.04. The van der Waals surface area contributed by atoms with Crippen molar-refractivity contribution < 1.29 is 19.1 Å². The topological polar surface area (TPSA) is 94.6 Å². The predicted molar refractivity (Wildman–Crippen MR) is 124 cm³/mol. The summed E-state index contributed by atoms with van der Waals surface area (Å²) in [6.07, 6.45) is 6.93. The van der Waals surface area contributed by atoms with Crippen LogP contribution in [0.25, 0.3) is 0 Å². The van der Waals surface area contributed by atoms with Gasteiger partial charge in [-0.15, -0.1) is 0 Å². The van der Waals surface area contributed by atoms with Gasteiger partial charge in [0.05, 0.1) is 11.7 Å². The van der Waals surface area contributed by atoms with Crippen molar-refractivity contribution in [3.05, 3.63) is 64.7 Å². The average Bonchev–Trinajstić information content (AvgIpc) is 3.15. The molecule has 2 fully saturated rings. The molecule has 1 saturated carbocycles. The molecule has 1 aliphatic carbocycles. The second-order valence-corrected chi connectivity index (χ2v) is 9.71. The van der Waals surface area contributed by atoms with Crippen molar-refractivity contribution in [2.45, 2.75) is 76.3 Å². The van der Waals surface area contributed by atoms with E-state index in [0.717, 1.165) is 36.8 Å². The molecule has 0 spiro atoms. The Morgan fingerprint density at radius 2 is 2.03 bits per heavy atom. The molecule has 1 aromatic carbocycles. The van der Waals surface area contributed by atoms with E-state index in [0.29, 0.717) is 43.6 Å². The number of aliphatic hydroxyl groups is 1.